The van der Waals surface area contributed by atoms with Gasteiger partial charge in [-0.05, 0) is 75.1 Å². The molecule has 1 saturated carbocycles. The summed E-state index contributed by atoms with van der Waals surface area (Å²) in [6.45, 7) is 1.51. The number of hydrogen-bond acceptors (Lipinski definition) is 8. The number of rotatable bonds is 12. The number of carboxylic acids is 2. The molecule has 2 aliphatic rings. The smallest absolute Gasteiger partial charge is 0.326 e. The van der Waals surface area contributed by atoms with Gasteiger partial charge in [0, 0.05) is 12.1 Å². The molecule has 1 amide bonds. The van der Waals surface area contributed by atoms with Crippen molar-refractivity contribution in [1.29, 1.82) is 0 Å². The third kappa shape index (κ3) is 7.76. The Balaban J connectivity index is 1.44. The lowest BCUT2D eigenvalue weighted by Crippen LogP contribution is -2.56. The van der Waals surface area contributed by atoms with Gasteiger partial charge < -0.3 is 15.1 Å². The minimum atomic E-state index is -4.28. The molecule has 2 fully saturated rings. The molecule has 240 valence electrons. The van der Waals surface area contributed by atoms with Crippen molar-refractivity contribution in [2.75, 3.05) is 0 Å². The van der Waals surface area contributed by atoms with Crippen molar-refractivity contribution < 1.29 is 41.4 Å². The first-order valence-corrected chi connectivity index (χ1v) is 17.4. The summed E-state index contributed by atoms with van der Waals surface area (Å²) in [5.41, 5.74) is 0.946. The molecule has 2 aromatic rings. The number of nitrogens with two attached hydrogens (primary N) is 1. The molecular formula is C28H35ClN4O9S2. The normalized spacial score (nSPS) is 23.5. The maximum atomic E-state index is 13.6. The zero-order valence-electron chi connectivity index (χ0n) is 23.8. The van der Waals surface area contributed by atoms with E-state index in [0.29, 0.717) is 12.8 Å². The predicted molar refractivity (Wildman–Crippen MR) is 160 cm³/mol. The molecule has 2 aromatic carbocycles. The van der Waals surface area contributed by atoms with Crippen LogP contribution in [0.3, 0.4) is 0 Å². The number of benzene rings is 2. The zero-order valence-corrected chi connectivity index (χ0v) is 26.2. The lowest BCUT2D eigenvalue weighted by atomic mass is 9.82. The summed E-state index contributed by atoms with van der Waals surface area (Å²) in [5.74, 6) is -3.20. The number of fused-ring (bicyclic) bond motifs is 1. The second-order valence-corrected chi connectivity index (χ2v) is 14.9. The Bertz CT molecular complexity index is 1620. The van der Waals surface area contributed by atoms with Gasteiger partial charge in [-0.15, -0.1) is 0 Å². The van der Waals surface area contributed by atoms with Gasteiger partial charge in [0.25, 0.3) is 0 Å². The Labute approximate surface area is 260 Å². The quantitative estimate of drug-likeness (QED) is 0.220. The van der Waals surface area contributed by atoms with E-state index in [1.165, 1.54) is 11.8 Å². The first kappa shape index (κ1) is 33.8. The highest BCUT2D eigenvalue weighted by molar-refractivity contribution is 7.90. The maximum Gasteiger partial charge on any atom is 0.326 e. The highest BCUT2D eigenvalue weighted by atomic mass is 35.5. The van der Waals surface area contributed by atoms with E-state index < -0.39 is 73.0 Å². The number of nitrogens with zero attached hydrogens (tertiary/aromatic N) is 1. The van der Waals surface area contributed by atoms with E-state index in [9.17, 15) is 41.4 Å². The lowest BCUT2D eigenvalue weighted by Gasteiger charge is -2.37. The van der Waals surface area contributed by atoms with Gasteiger partial charge in [0.15, 0.2) is 0 Å². The summed E-state index contributed by atoms with van der Waals surface area (Å²) >= 11 is 5.88. The Kier molecular flexibility index (Phi) is 10.4. The monoisotopic (exact) mass is 670 g/mol. The number of sulfonamides is 2. The summed E-state index contributed by atoms with van der Waals surface area (Å²) in [5, 5.41) is 27.5. The average molecular weight is 671 g/mol. The second-order valence-electron chi connectivity index (χ2n) is 11.2. The molecule has 4 unspecified atom stereocenters. The first-order chi connectivity index (χ1) is 20.6. The molecule has 0 radical (unpaired) electrons. The number of halogens is 1. The van der Waals surface area contributed by atoms with Crippen LogP contribution in [0.1, 0.15) is 44.6 Å². The van der Waals surface area contributed by atoms with Gasteiger partial charge in [-0.3, -0.25) is 14.9 Å². The van der Waals surface area contributed by atoms with Crippen LogP contribution in [0.15, 0.2) is 58.3 Å². The van der Waals surface area contributed by atoms with Crippen molar-refractivity contribution in [2.45, 2.75) is 85.4 Å². The zero-order chi connectivity index (χ0) is 32.4. The molecule has 16 heteroatoms. The summed E-state index contributed by atoms with van der Waals surface area (Å²) in [6.07, 6.45) is 1.61. The van der Waals surface area contributed by atoms with Gasteiger partial charge >= 0.3 is 11.9 Å². The van der Waals surface area contributed by atoms with Crippen molar-refractivity contribution >= 4 is 49.5 Å². The third-order valence-corrected chi connectivity index (χ3v) is 11.1. The fourth-order valence-electron chi connectivity index (χ4n) is 6.13. The summed E-state index contributed by atoms with van der Waals surface area (Å²) in [6, 6.07) is 8.19. The number of aliphatic carboxylic acids is 2. The molecule has 4 rings (SSSR count). The van der Waals surface area contributed by atoms with Crippen LogP contribution in [0.5, 0.6) is 0 Å². The molecule has 13 nitrogen and oxygen atoms in total. The summed E-state index contributed by atoms with van der Waals surface area (Å²) in [4.78, 5) is 38.2. The van der Waals surface area contributed by atoms with Crippen LogP contribution >= 0.6 is 11.6 Å². The molecular weight excluding hydrogens is 636 g/mol. The predicted octanol–water partition coefficient (Wildman–Crippen LogP) is 1.55. The number of carbonyl (C=O) groups excluding carboxylic acids is 1. The van der Waals surface area contributed by atoms with Gasteiger partial charge in [0.05, 0.1) is 16.0 Å². The molecule has 0 spiro atoms. The van der Waals surface area contributed by atoms with Crippen LogP contribution in [-0.2, 0) is 40.9 Å². The Morgan fingerprint density at radius 1 is 1.05 bits per heavy atom. The van der Waals surface area contributed by atoms with Crippen molar-refractivity contribution in [1.82, 2.24) is 14.9 Å². The molecule has 1 aliphatic heterocycles. The SMILES string of the molecule is C[C@H](N[C@@H](CCc1ccccc1)C(=O)O)C(=O)N1C(C(=O)O)CC2CC(NS(=O)(=O)c3ccc(Cl)c(S(N)(=O)=O)c3)CCC21. The molecule has 44 heavy (non-hydrogen) atoms. The van der Waals surface area contributed by atoms with Gasteiger partial charge in [0.1, 0.15) is 17.0 Å². The molecule has 6 N–H and O–H groups in total. The van der Waals surface area contributed by atoms with Crippen LogP contribution in [0.4, 0.5) is 0 Å². The number of hydrogen-bond donors (Lipinski definition) is 5. The Hall–Kier alpha value is -3.08. The van der Waals surface area contributed by atoms with Crippen LogP contribution < -0.4 is 15.2 Å². The standard InChI is InChI=1S/C28H35ClN4O9S2/c1-16(31-22(27(35)36)11-7-17-5-3-2-4-6-17)26(34)33-23-12-8-19(13-18(23)14-24(33)28(37)38)32-44(41,42)20-9-10-21(29)25(15-20)43(30,39)40/h2-6,9-10,15-16,18-19,22-24,31-32H,7-8,11-14H2,1H3,(H,35,36)(H,37,38)(H2,30,39,40)/t16-,18?,19?,22-,23?,24?/m0/s1. The third-order valence-electron chi connectivity index (χ3n) is 8.23. The van der Waals surface area contributed by atoms with E-state index in [1.54, 1.807) is 0 Å². The van der Waals surface area contributed by atoms with Gasteiger partial charge in [-0.1, -0.05) is 41.9 Å². The van der Waals surface area contributed by atoms with Crippen LogP contribution in [-0.4, -0.2) is 80.0 Å². The number of carboxylic acid groups (broad SMARTS) is 2. The van der Waals surface area contributed by atoms with E-state index in [-0.39, 0.29) is 41.5 Å². The summed E-state index contributed by atoms with van der Waals surface area (Å²) < 4.78 is 52.4. The highest BCUT2D eigenvalue weighted by Crippen LogP contribution is 2.41. The molecule has 6 atom stereocenters. The molecule has 1 saturated heterocycles. The van der Waals surface area contributed by atoms with Crippen molar-refractivity contribution in [3.05, 3.63) is 59.1 Å². The fraction of sp³-hybridized carbons (Fsp3) is 0.464. The molecule has 0 bridgehead atoms. The number of aryl methyl sites for hydroxylation is 1. The number of amides is 1. The number of primary sulfonamides is 1. The largest absolute Gasteiger partial charge is 0.480 e. The summed E-state index contributed by atoms with van der Waals surface area (Å²) in [7, 11) is -8.48. The van der Waals surface area contributed by atoms with Gasteiger partial charge in [0.2, 0.25) is 26.0 Å². The number of carbonyl (C=O) groups is 3. The molecule has 0 aromatic heterocycles. The van der Waals surface area contributed by atoms with Crippen LogP contribution in [0, 0.1) is 5.92 Å². The highest BCUT2D eigenvalue weighted by Gasteiger charge is 2.50. The van der Waals surface area contributed by atoms with Crippen LogP contribution in [0.2, 0.25) is 5.02 Å². The second kappa shape index (κ2) is 13.5. The average Bonchev–Trinajstić information content (AvgIpc) is 3.33. The number of likely N-dealkylation sites (tertiary alicyclic amines) is 1. The Morgan fingerprint density at radius 3 is 2.34 bits per heavy atom. The minimum absolute atomic E-state index is 0.101. The van der Waals surface area contributed by atoms with Crippen LogP contribution in [0.25, 0.3) is 0 Å². The van der Waals surface area contributed by atoms with Crippen molar-refractivity contribution in [3.8, 4) is 0 Å². The number of nitrogens with one attached hydrogen (secondary N) is 2. The van der Waals surface area contributed by atoms with E-state index in [0.717, 1.165) is 23.8 Å². The van der Waals surface area contributed by atoms with Crippen molar-refractivity contribution in [3.63, 3.8) is 0 Å². The van der Waals surface area contributed by atoms with E-state index in [1.807, 2.05) is 30.3 Å². The molecule has 1 aliphatic carbocycles. The Morgan fingerprint density at radius 2 is 1.73 bits per heavy atom. The van der Waals surface area contributed by atoms with Gasteiger partial charge in [-0.25, -0.2) is 31.5 Å². The maximum absolute atomic E-state index is 13.6. The first-order valence-electron chi connectivity index (χ1n) is 14.0. The van der Waals surface area contributed by atoms with Crippen molar-refractivity contribution in [2.24, 2.45) is 11.1 Å². The fourth-order valence-corrected chi connectivity index (χ4v) is 8.58. The molecule has 1 heterocycles. The van der Waals surface area contributed by atoms with E-state index in [2.05, 4.69) is 10.0 Å². The topological polar surface area (TPSA) is 213 Å². The minimum Gasteiger partial charge on any atom is -0.480 e. The van der Waals surface area contributed by atoms with E-state index in [4.69, 9.17) is 16.7 Å². The lowest BCUT2D eigenvalue weighted by molar-refractivity contribution is -0.151. The van der Waals surface area contributed by atoms with Gasteiger partial charge in [-0.2, -0.15) is 0 Å². The van der Waals surface area contributed by atoms with E-state index >= 15 is 0 Å².